The Labute approximate surface area is 103 Å². The number of nitrogens with two attached hydrogens (primary N) is 1. The van der Waals surface area contributed by atoms with E-state index in [1.807, 2.05) is 0 Å². The third kappa shape index (κ3) is 2.09. The van der Waals surface area contributed by atoms with E-state index in [1.165, 1.54) is 10.9 Å². The Kier molecular flexibility index (Phi) is 3.33. The average Bonchev–Trinajstić information content (AvgIpc) is 2.94. The van der Waals surface area contributed by atoms with E-state index in [1.54, 1.807) is 0 Å². The molecule has 0 unspecified atom stereocenters. The summed E-state index contributed by atoms with van der Waals surface area (Å²) < 4.78 is 1.36. The Morgan fingerprint density at radius 2 is 2.17 bits per heavy atom. The van der Waals surface area contributed by atoms with Crippen molar-refractivity contribution in [1.82, 2.24) is 15.0 Å². The number of hydrogen-bond donors (Lipinski definition) is 4. The fourth-order valence-electron chi connectivity index (χ4n) is 2.37. The van der Waals surface area contributed by atoms with E-state index in [9.17, 15) is 20.1 Å². The van der Waals surface area contributed by atoms with E-state index in [0.717, 1.165) is 0 Å². The van der Waals surface area contributed by atoms with Crippen molar-refractivity contribution < 1.29 is 20.1 Å². The van der Waals surface area contributed by atoms with E-state index in [4.69, 9.17) is 5.73 Å². The second-order valence-corrected chi connectivity index (χ2v) is 4.81. The van der Waals surface area contributed by atoms with Crippen molar-refractivity contribution in [3.05, 3.63) is 11.9 Å². The lowest BCUT2D eigenvalue weighted by Gasteiger charge is -2.23. The molecular weight excluding hydrogens is 240 g/mol. The van der Waals surface area contributed by atoms with Crippen molar-refractivity contribution in [3.63, 3.8) is 0 Å². The molecule has 1 aliphatic carbocycles. The molecule has 1 amide bonds. The molecular formula is C10H16N4O4. The SMILES string of the molecule is NC(=O)c1cn([C@H]2CC(CO)(CO)C[C@@H]2O)nn1. The largest absolute Gasteiger partial charge is 0.396 e. The summed E-state index contributed by atoms with van der Waals surface area (Å²) in [7, 11) is 0. The van der Waals surface area contributed by atoms with Crippen molar-refractivity contribution in [1.29, 1.82) is 0 Å². The van der Waals surface area contributed by atoms with Gasteiger partial charge in [0.05, 0.1) is 31.6 Å². The standard InChI is InChI=1S/C10H16N4O4/c11-9(18)6-3-14(13-12-6)7-1-10(4-15,5-16)2-8(7)17/h3,7-8,15-17H,1-2,4-5H2,(H2,11,18)/t7-,8-/m0/s1. The number of aliphatic hydroxyl groups excluding tert-OH is 3. The Morgan fingerprint density at radius 3 is 2.61 bits per heavy atom. The van der Waals surface area contributed by atoms with Crippen molar-refractivity contribution in [3.8, 4) is 0 Å². The van der Waals surface area contributed by atoms with Gasteiger partial charge < -0.3 is 21.1 Å². The van der Waals surface area contributed by atoms with Gasteiger partial charge in [0.2, 0.25) is 0 Å². The van der Waals surface area contributed by atoms with Gasteiger partial charge in [0.25, 0.3) is 5.91 Å². The van der Waals surface area contributed by atoms with Gasteiger partial charge in [-0.25, -0.2) is 4.68 Å². The van der Waals surface area contributed by atoms with E-state index in [2.05, 4.69) is 10.3 Å². The van der Waals surface area contributed by atoms with Crippen molar-refractivity contribution >= 4 is 5.91 Å². The third-order valence-electron chi connectivity index (χ3n) is 3.50. The number of hydrogen-bond acceptors (Lipinski definition) is 6. The smallest absolute Gasteiger partial charge is 0.270 e. The molecule has 8 heteroatoms. The van der Waals surface area contributed by atoms with Crippen LogP contribution in [0.5, 0.6) is 0 Å². The average molecular weight is 256 g/mol. The first kappa shape index (κ1) is 12.9. The van der Waals surface area contributed by atoms with Gasteiger partial charge >= 0.3 is 0 Å². The van der Waals surface area contributed by atoms with Crippen LogP contribution in [0.1, 0.15) is 29.4 Å². The van der Waals surface area contributed by atoms with Crippen LogP contribution in [0, 0.1) is 5.41 Å². The highest BCUT2D eigenvalue weighted by molar-refractivity contribution is 5.90. The highest BCUT2D eigenvalue weighted by atomic mass is 16.3. The molecule has 1 aromatic heterocycles. The Morgan fingerprint density at radius 1 is 1.50 bits per heavy atom. The zero-order chi connectivity index (χ0) is 13.3. The molecule has 1 fully saturated rings. The molecule has 0 bridgehead atoms. The van der Waals surface area contributed by atoms with Gasteiger partial charge in [0.1, 0.15) is 0 Å². The Balaban J connectivity index is 2.21. The van der Waals surface area contributed by atoms with Crippen LogP contribution in [0.15, 0.2) is 6.20 Å². The maximum atomic E-state index is 10.9. The number of nitrogens with zero attached hydrogens (tertiary/aromatic N) is 3. The van der Waals surface area contributed by atoms with Gasteiger partial charge in [-0.15, -0.1) is 5.10 Å². The number of carbonyl (C=O) groups excluding carboxylic acids is 1. The maximum absolute atomic E-state index is 10.9. The number of aromatic nitrogens is 3. The summed E-state index contributed by atoms with van der Waals surface area (Å²) in [5, 5.41) is 35.9. The molecule has 1 heterocycles. The van der Waals surface area contributed by atoms with Gasteiger partial charge in [-0.1, -0.05) is 5.21 Å². The van der Waals surface area contributed by atoms with Gasteiger partial charge in [-0.05, 0) is 12.8 Å². The molecule has 5 N–H and O–H groups in total. The highest BCUT2D eigenvalue weighted by Gasteiger charge is 2.45. The molecule has 18 heavy (non-hydrogen) atoms. The summed E-state index contributed by atoms with van der Waals surface area (Å²) in [5.41, 5.74) is 4.37. The molecule has 8 nitrogen and oxygen atoms in total. The lowest BCUT2D eigenvalue weighted by Crippen LogP contribution is -2.27. The fourth-order valence-corrected chi connectivity index (χ4v) is 2.37. The number of carbonyl (C=O) groups is 1. The van der Waals surface area contributed by atoms with Crippen LogP contribution in [-0.2, 0) is 0 Å². The molecule has 100 valence electrons. The molecule has 0 radical (unpaired) electrons. The summed E-state index contributed by atoms with van der Waals surface area (Å²) in [6.07, 6.45) is 1.24. The van der Waals surface area contributed by atoms with Crippen LogP contribution in [0.4, 0.5) is 0 Å². The molecule has 1 aliphatic rings. The van der Waals surface area contributed by atoms with Gasteiger partial charge in [0, 0.05) is 5.41 Å². The minimum Gasteiger partial charge on any atom is -0.396 e. The molecule has 0 spiro atoms. The second-order valence-electron chi connectivity index (χ2n) is 4.81. The van der Waals surface area contributed by atoms with E-state index >= 15 is 0 Å². The lowest BCUT2D eigenvalue weighted by molar-refractivity contribution is 0.0466. The monoisotopic (exact) mass is 256 g/mol. The molecule has 1 saturated carbocycles. The summed E-state index contributed by atoms with van der Waals surface area (Å²) in [6, 6.07) is -0.426. The predicted octanol–water partition coefficient (Wildman–Crippen LogP) is -1.96. The number of aliphatic hydroxyl groups is 3. The second kappa shape index (κ2) is 4.63. The molecule has 1 aromatic rings. The van der Waals surface area contributed by atoms with Crippen LogP contribution in [0.3, 0.4) is 0 Å². The van der Waals surface area contributed by atoms with Crippen molar-refractivity contribution in [2.24, 2.45) is 11.1 Å². The summed E-state index contributed by atoms with van der Waals surface area (Å²) in [6.45, 7) is -0.428. The summed E-state index contributed by atoms with van der Waals surface area (Å²) in [4.78, 5) is 10.9. The van der Waals surface area contributed by atoms with E-state index < -0.39 is 23.5 Å². The van der Waals surface area contributed by atoms with Crippen LogP contribution in [0.25, 0.3) is 0 Å². The first-order chi connectivity index (χ1) is 8.51. The lowest BCUT2D eigenvalue weighted by atomic mass is 9.88. The zero-order valence-corrected chi connectivity index (χ0v) is 9.73. The summed E-state index contributed by atoms with van der Waals surface area (Å²) in [5.74, 6) is -0.690. The first-order valence-corrected chi connectivity index (χ1v) is 5.63. The molecule has 2 rings (SSSR count). The van der Waals surface area contributed by atoms with Crippen LogP contribution >= 0.6 is 0 Å². The molecule has 0 aliphatic heterocycles. The minimum absolute atomic E-state index is 0.0210. The number of primary amides is 1. The molecule has 2 atom stereocenters. The van der Waals surface area contributed by atoms with Gasteiger partial charge in [-0.3, -0.25) is 4.79 Å². The van der Waals surface area contributed by atoms with Crippen LogP contribution < -0.4 is 5.73 Å². The fraction of sp³-hybridized carbons (Fsp3) is 0.700. The van der Waals surface area contributed by atoms with Crippen molar-refractivity contribution in [2.45, 2.75) is 25.0 Å². The quantitative estimate of drug-likeness (QED) is 0.494. The van der Waals surface area contributed by atoms with E-state index in [-0.39, 0.29) is 25.3 Å². The van der Waals surface area contributed by atoms with Gasteiger partial charge in [-0.2, -0.15) is 0 Å². The Bertz CT molecular complexity index is 443. The molecule has 0 saturated heterocycles. The third-order valence-corrected chi connectivity index (χ3v) is 3.50. The van der Waals surface area contributed by atoms with Gasteiger partial charge in [0.15, 0.2) is 5.69 Å². The topological polar surface area (TPSA) is 134 Å². The Hall–Kier alpha value is -1.51. The highest BCUT2D eigenvalue weighted by Crippen LogP contribution is 2.43. The number of amides is 1. The normalized spacial score (nSPS) is 26.4. The summed E-state index contributed by atoms with van der Waals surface area (Å²) >= 11 is 0. The minimum atomic E-state index is -0.758. The first-order valence-electron chi connectivity index (χ1n) is 5.63. The van der Waals surface area contributed by atoms with E-state index in [0.29, 0.717) is 6.42 Å². The van der Waals surface area contributed by atoms with Crippen LogP contribution in [0.2, 0.25) is 0 Å². The maximum Gasteiger partial charge on any atom is 0.270 e. The number of rotatable bonds is 4. The zero-order valence-electron chi connectivity index (χ0n) is 9.73. The molecule has 0 aromatic carbocycles. The predicted molar refractivity (Wildman–Crippen MR) is 59.4 cm³/mol. The van der Waals surface area contributed by atoms with Crippen molar-refractivity contribution in [2.75, 3.05) is 13.2 Å². The van der Waals surface area contributed by atoms with Crippen LogP contribution in [-0.4, -0.2) is 55.5 Å².